The molecule has 0 aromatic heterocycles. The third kappa shape index (κ3) is 4.14. The van der Waals surface area contributed by atoms with Crippen LogP contribution in [0.3, 0.4) is 0 Å². The fraction of sp³-hybridized carbons (Fsp3) is 0.423. The molecule has 2 aromatic carbocycles. The van der Waals surface area contributed by atoms with Crippen LogP contribution in [0.2, 0.25) is 0 Å². The summed E-state index contributed by atoms with van der Waals surface area (Å²) in [5.74, 6) is -0.0360. The van der Waals surface area contributed by atoms with Gasteiger partial charge in [0, 0.05) is 25.9 Å². The van der Waals surface area contributed by atoms with E-state index in [1.165, 1.54) is 4.90 Å². The van der Waals surface area contributed by atoms with Gasteiger partial charge in [0.1, 0.15) is 0 Å². The minimum absolute atomic E-state index is 0.0301. The van der Waals surface area contributed by atoms with Crippen LogP contribution in [0.1, 0.15) is 49.3 Å². The van der Waals surface area contributed by atoms with Crippen molar-refractivity contribution in [2.24, 2.45) is 5.92 Å². The molecule has 2 aliphatic heterocycles. The third-order valence-corrected chi connectivity index (χ3v) is 6.72. The number of likely N-dealkylation sites (tertiary alicyclic amines) is 2. The van der Waals surface area contributed by atoms with Gasteiger partial charge in [0.05, 0.1) is 12.0 Å². The van der Waals surface area contributed by atoms with Gasteiger partial charge in [-0.3, -0.25) is 19.3 Å². The molecule has 0 spiro atoms. The average molecular weight is 419 g/mol. The van der Waals surface area contributed by atoms with Gasteiger partial charge < -0.3 is 4.90 Å². The Hall–Kier alpha value is -2.95. The van der Waals surface area contributed by atoms with E-state index in [-0.39, 0.29) is 37.1 Å². The van der Waals surface area contributed by atoms with Gasteiger partial charge >= 0.3 is 0 Å². The summed E-state index contributed by atoms with van der Waals surface area (Å²) in [5, 5.41) is 0. The lowest BCUT2D eigenvalue weighted by atomic mass is 9.73. The Bertz CT molecular complexity index is 987. The zero-order valence-electron chi connectivity index (χ0n) is 18.3. The molecule has 2 atom stereocenters. The van der Waals surface area contributed by atoms with Crippen molar-refractivity contribution in [3.63, 3.8) is 0 Å². The van der Waals surface area contributed by atoms with E-state index >= 15 is 0 Å². The number of carbonyl (C=O) groups excluding carboxylic acids is 3. The summed E-state index contributed by atoms with van der Waals surface area (Å²) in [6.07, 6.45) is 2.19. The highest BCUT2D eigenvalue weighted by Gasteiger charge is 2.54. The molecule has 0 bridgehead atoms. The molecule has 2 saturated heterocycles. The molecule has 31 heavy (non-hydrogen) atoms. The molecule has 4 rings (SSSR count). The number of nitrogens with zero attached hydrogens (tertiary/aromatic N) is 2. The summed E-state index contributed by atoms with van der Waals surface area (Å²) in [4.78, 5) is 43.5. The summed E-state index contributed by atoms with van der Waals surface area (Å²) in [6.45, 7) is 5.78. The van der Waals surface area contributed by atoms with Crippen LogP contribution in [0.15, 0.2) is 54.6 Å². The van der Waals surface area contributed by atoms with Crippen LogP contribution in [0.25, 0.3) is 0 Å². The fourth-order valence-corrected chi connectivity index (χ4v) is 5.07. The molecule has 5 heteroatoms. The highest BCUT2D eigenvalue weighted by Crippen LogP contribution is 2.42. The minimum Gasteiger partial charge on any atom is -0.342 e. The molecular weight excluding hydrogens is 388 g/mol. The van der Waals surface area contributed by atoms with Gasteiger partial charge in [-0.25, -0.2) is 0 Å². The predicted molar refractivity (Wildman–Crippen MR) is 119 cm³/mol. The second kappa shape index (κ2) is 8.66. The molecular formula is C26H30N2O3. The number of hydrogen-bond donors (Lipinski definition) is 0. The Morgan fingerprint density at radius 3 is 2.48 bits per heavy atom. The first-order valence-electron chi connectivity index (χ1n) is 11.1. The molecule has 0 N–H and O–H groups in total. The molecule has 2 heterocycles. The number of hydrogen-bond acceptors (Lipinski definition) is 3. The zero-order valence-corrected chi connectivity index (χ0v) is 18.3. The van der Waals surface area contributed by atoms with Crippen molar-refractivity contribution in [1.29, 1.82) is 0 Å². The van der Waals surface area contributed by atoms with Gasteiger partial charge in [-0.05, 0) is 42.4 Å². The Balaban J connectivity index is 1.68. The molecule has 3 amide bonds. The molecule has 5 nitrogen and oxygen atoms in total. The van der Waals surface area contributed by atoms with Gasteiger partial charge in [0.15, 0.2) is 0 Å². The van der Waals surface area contributed by atoms with E-state index in [0.717, 1.165) is 42.6 Å². The molecule has 2 aromatic rings. The standard InChI is InChI=1S/C26H30N2O3/c1-19-9-8-14-27(17-19)23(29)15-26(22-13-7-6-10-20(22)2)16-24(30)28(25(26)31)18-21-11-4-3-5-12-21/h3-7,10-13,19H,8-9,14-18H2,1-2H3. The summed E-state index contributed by atoms with van der Waals surface area (Å²) >= 11 is 0. The normalized spacial score (nSPS) is 24.0. The number of imide groups is 1. The first-order valence-corrected chi connectivity index (χ1v) is 11.1. The maximum Gasteiger partial charge on any atom is 0.241 e. The molecule has 0 aliphatic carbocycles. The van der Waals surface area contributed by atoms with E-state index in [9.17, 15) is 14.4 Å². The number of piperidine rings is 1. The molecule has 0 saturated carbocycles. The Kier molecular flexibility index (Phi) is 5.94. The van der Waals surface area contributed by atoms with E-state index in [2.05, 4.69) is 6.92 Å². The fourth-order valence-electron chi connectivity index (χ4n) is 5.07. The van der Waals surface area contributed by atoms with E-state index in [0.29, 0.717) is 5.92 Å². The average Bonchev–Trinajstić information content (AvgIpc) is 2.99. The van der Waals surface area contributed by atoms with Gasteiger partial charge in [-0.15, -0.1) is 0 Å². The second-order valence-electron chi connectivity index (χ2n) is 9.11. The first-order chi connectivity index (χ1) is 14.9. The van der Waals surface area contributed by atoms with Crippen molar-refractivity contribution >= 4 is 17.7 Å². The highest BCUT2D eigenvalue weighted by atomic mass is 16.2. The predicted octanol–water partition coefficient (Wildman–Crippen LogP) is 3.84. The van der Waals surface area contributed by atoms with Crippen molar-refractivity contribution in [3.05, 3.63) is 71.3 Å². The summed E-state index contributed by atoms with van der Waals surface area (Å²) in [5.41, 5.74) is 1.50. The van der Waals surface area contributed by atoms with Crippen LogP contribution in [-0.4, -0.2) is 40.6 Å². The van der Waals surface area contributed by atoms with Gasteiger partial charge in [-0.2, -0.15) is 0 Å². The summed E-state index contributed by atoms with van der Waals surface area (Å²) in [7, 11) is 0. The maximum atomic E-state index is 13.8. The van der Waals surface area contributed by atoms with E-state index in [4.69, 9.17) is 0 Å². The monoisotopic (exact) mass is 418 g/mol. The van der Waals surface area contributed by atoms with Gasteiger partial charge in [0.2, 0.25) is 17.7 Å². The van der Waals surface area contributed by atoms with Crippen LogP contribution in [0.4, 0.5) is 0 Å². The van der Waals surface area contributed by atoms with Crippen molar-refractivity contribution in [1.82, 2.24) is 9.80 Å². The number of rotatable bonds is 5. The third-order valence-electron chi connectivity index (χ3n) is 6.72. The minimum atomic E-state index is -1.13. The second-order valence-corrected chi connectivity index (χ2v) is 9.11. The molecule has 2 fully saturated rings. The Labute approximate surface area is 184 Å². The molecule has 2 aliphatic rings. The lowest BCUT2D eigenvalue weighted by Gasteiger charge is -2.35. The van der Waals surface area contributed by atoms with Crippen LogP contribution in [-0.2, 0) is 26.3 Å². The lowest BCUT2D eigenvalue weighted by molar-refractivity contribution is -0.143. The van der Waals surface area contributed by atoms with Crippen molar-refractivity contribution in [2.75, 3.05) is 13.1 Å². The quantitative estimate of drug-likeness (QED) is 0.693. The van der Waals surface area contributed by atoms with Crippen LogP contribution in [0, 0.1) is 12.8 Å². The van der Waals surface area contributed by atoms with Crippen molar-refractivity contribution in [3.8, 4) is 0 Å². The Morgan fingerprint density at radius 2 is 1.77 bits per heavy atom. The molecule has 2 unspecified atom stereocenters. The SMILES string of the molecule is Cc1ccccc1C1(CC(=O)N2CCCC(C)C2)CC(=O)N(Cc2ccccc2)C1=O. The Morgan fingerprint density at radius 1 is 1.06 bits per heavy atom. The van der Waals surface area contributed by atoms with E-state index in [1.807, 2.05) is 66.4 Å². The van der Waals surface area contributed by atoms with E-state index < -0.39 is 5.41 Å². The number of amides is 3. The van der Waals surface area contributed by atoms with Crippen molar-refractivity contribution in [2.45, 2.75) is 51.5 Å². The topological polar surface area (TPSA) is 57.7 Å². The van der Waals surface area contributed by atoms with Crippen LogP contribution < -0.4 is 0 Å². The van der Waals surface area contributed by atoms with Crippen LogP contribution >= 0.6 is 0 Å². The maximum absolute atomic E-state index is 13.8. The van der Waals surface area contributed by atoms with Gasteiger partial charge in [-0.1, -0.05) is 61.5 Å². The number of benzene rings is 2. The highest BCUT2D eigenvalue weighted by molar-refractivity contribution is 6.10. The summed E-state index contributed by atoms with van der Waals surface area (Å²) < 4.78 is 0. The number of carbonyl (C=O) groups is 3. The lowest BCUT2D eigenvalue weighted by Crippen LogP contribution is -2.46. The largest absolute Gasteiger partial charge is 0.342 e. The van der Waals surface area contributed by atoms with Crippen LogP contribution in [0.5, 0.6) is 0 Å². The van der Waals surface area contributed by atoms with E-state index in [1.54, 1.807) is 0 Å². The summed E-state index contributed by atoms with van der Waals surface area (Å²) in [6, 6.07) is 17.2. The smallest absolute Gasteiger partial charge is 0.241 e. The first kappa shape index (κ1) is 21.3. The van der Waals surface area contributed by atoms with Gasteiger partial charge in [0.25, 0.3) is 0 Å². The zero-order chi connectivity index (χ0) is 22.0. The molecule has 162 valence electrons. The number of aryl methyl sites for hydroxylation is 1. The molecule has 0 radical (unpaired) electrons. The van der Waals surface area contributed by atoms with Crippen molar-refractivity contribution < 1.29 is 14.4 Å².